The second kappa shape index (κ2) is 12.0. The number of nitriles is 2. The van der Waals surface area contributed by atoms with Gasteiger partial charge in [-0.05, 0) is 32.9 Å². The number of nitrogens with zero attached hydrogens (tertiary/aromatic N) is 10. The highest BCUT2D eigenvalue weighted by Crippen LogP contribution is 2.39. The first-order chi connectivity index (χ1) is 20.9. The number of amidine groups is 1. The molecule has 43 heavy (non-hydrogen) atoms. The standard InChI is InChI=1S/C30H35FN10O2/c1-20(31)30(42)41-13-12-39(16-21(41)5-7-32)27-23-6-10-38(26-15-34-19-40-11-8-35-28(26)40)17-25(23)36-29(24(27)14-33)43-18-22-4-3-9-37(22)2/h15,19,21-22H,1,3-6,8-13,16-18H2,2H3/t21-,22-/m0/s1. The molecule has 224 valence electrons. The van der Waals surface area contributed by atoms with E-state index in [1.54, 1.807) is 6.34 Å². The van der Waals surface area contributed by atoms with Crippen LogP contribution in [0.15, 0.2) is 34.3 Å². The molecule has 6 heterocycles. The Hall–Kier alpha value is -4.49. The molecule has 0 aliphatic carbocycles. The van der Waals surface area contributed by atoms with Gasteiger partial charge in [-0.2, -0.15) is 10.5 Å². The largest absolute Gasteiger partial charge is 0.475 e. The number of fused-ring (bicyclic) bond motifs is 2. The summed E-state index contributed by atoms with van der Waals surface area (Å²) in [4.78, 5) is 36.6. The van der Waals surface area contributed by atoms with E-state index in [2.05, 4.69) is 45.5 Å². The molecule has 6 rings (SSSR count). The molecule has 0 saturated carbocycles. The van der Waals surface area contributed by atoms with E-state index < -0.39 is 17.8 Å². The quantitative estimate of drug-likeness (QED) is 0.440. The van der Waals surface area contributed by atoms with E-state index in [9.17, 15) is 19.7 Å². The zero-order chi connectivity index (χ0) is 30.1. The summed E-state index contributed by atoms with van der Waals surface area (Å²) in [5.41, 5.74) is 3.79. The third kappa shape index (κ3) is 5.41. The lowest BCUT2D eigenvalue weighted by atomic mass is 9.96. The number of ether oxygens (including phenoxy) is 1. The number of carbonyl (C=O) groups excluding carboxylic acids is 1. The third-order valence-corrected chi connectivity index (χ3v) is 8.96. The number of anilines is 1. The zero-order valence-corrected chi connectivity index (χ0v) is 24.4. The number of halogens is 1. The molecule has 13 heteroatoms. The fourth-order valence-corrected chi connectivity index (χ4v) is 6.69. The highest BCUT2D eigenvalue weighted by molar-refractivity contribution is 6.06. The third-order valence-electron chi connectivity index (χ3n) is 8.96. The summed E-state index contributed by atoms with van der Waals surface area (Å²) in [5.74, 6) is -0.649. The van der Waals surface area contributed by atoms with Crippen molar-refractivity contribution in [3.63, 3.8) is 0 Å². The Balaban J connectivity index is 1.36. The van der Waals surface area contributed by atoms with Gasteiger partial charge >= 0.3 is 0 Å². The summed E-state index contributed by atoms with van der Waals surface area (Å²) in [6.45, 7) is 8.12. The van der Waals surface area contributed by atoms with Gasteiger partial charge in [0.15, 0.2) is 11.7 Å². The minimum atomic E-state index is -1.05. The van der Waals surface area contributed by atoms with Crippen LogP contribution in [-0.4, -0.2) is 114 Å². The van der Waals surface area contributed by atoms with Gasteiger partial charge in [-0.15, -0.1) is 0 Å². The van der Waals surface area contributed by atoms with Gasteiger partial charge < -0.3 is 29.2 Å². The van der Waals surface area contributed by atoms with E-state index in [1.807, 2.05) is 11.1 Å². The molecule has 0 radical (unpaired) electrons. The minimum Gasteiger partial charge on any atom is -0.475 e. The number of carbonyl (C=O) groups is 1. The fraction of sp³-hybridized carbons (Fsp3) is 0.533. The molecule has 2 atom stereocenters. The lowest BCUT2D eigenvalue weighted by molar-refractivity contribution is -0.131. The predicted octanol–water partition coefficient (Wildman–Crippen LogP) is 1.80. The average molecular weight is 587 g/mol. The van der Waals surface area contributed by atoms with Crippen LogP contribution < -0.4 is 9.64 Å². The lowest BCUT2D eigenvalue weighted by Crippen LogP contribution is -2.55. The van der Waals surface area contributed by atoms with E-state index in [1.165, 1.54) is 4.90 Å². The number of hydrogen-bond acceptors (Lipinski definition) is 11. The molecule has 2 fully saturated rings. The predicted molar refractivity (Wildman–Crippen MR) is 158 cm³/mol. The van der Waals surface area contributed by atoms with Crippen LogP contribution in [0.5, 0.6) is 5.88 Å². The van der Waals surface area contributed by atoms with Crippen LogP contribution in [0.2, 0.25) is 0 Å². The first-order valence-corrected chi connectivity index (χ1v) is 14.8. The van der Waals surface area contributed by atoms with E-state index in [0.29, 0.717) is 44.1 Å². The number of piperazine rings is 1. The van der Waals surface area contributed by atoms with Crippen LogP contribution in [0.4, 0.5) is 10.1 Å². The molecule has 12 nitrogen and oxygen atoms in total. The van der Waals surface area contributed by atoms with Gasteiger partial charge in [0.1, 0.15) is 18.2 Å². The van der Waals surface area contributed by atoms with Gasteiger partial charge in [0, 0.05) is 44.3 Å². The normalized spacial score (nSPS) is 23.3. The Labute approximate surface area is 250 Å². The van der Waals surface area contributed by atoms with Gasteiger partial charge in [0.2, 0.25) is 5.88 Å². The Morgan fingerprint density at radius 2 is 2.05 bits per heavy atom. The van der Waals surface area contributed by atoms with Gasteiger partial charge in [0.05, 0.1) is 61.2 Å². The van der Waals surface area contributed by atoms with Crippen LogP contribution in [0.3, 0.4) is 0 Å². The Bertz CT molecular complexity index is 1490. The summed E-state index contributed by atoms with van der Waals surface area (Å²) in [6, 6.07) is 4.19. The Kier molecular flexibility index (Phi) is 8.00. The molecule has 1 aromatic heterocycles. The number of hydrogen-bond donors (Lipinski definition) is 0. The van der Waals surface area contributed by atoms with E-state index in [4.69, 9.17) is 14.7 Å². The first-order valence-electron chi connectivity index (χ1n) is 14.8. The molecule has 0 aromatic carbocycles. The highest BCUT2D eigenvalue weighted by atomic mass is 19.1. The Morgan fingerprint density at radius 3 is 2.79 bits per heavy atom. The monoisotopic (exact) mass is 586 g/mol. The van der Waals surface area contributed by atoms with Gasteiger partial charge in [-0.3, -0.25) is 9.79 Å². The highest BCUT2D eigenvalue weighted by Gasteiger charge is 2.37. The van der Waals surface area contributed by atoms with Crippen molar-refractivity contribution < 1.29 is 13.9 Å². The zero-order valence-electron chi connectivity index (χ0n) is 24.4. The number of aliphatic imine (C=N–C) groups is 2. The van der Waals surface area contributed by atoms with Crippen molar-refractivity contribution >= 4 is 23.8 Å². The lowest BCUT2D eigenvalue weighted by Gasteiger charge is -2.43. The van der Waals surface area contributed by atoms with Gasteiger partial charge in [-0.1, -0.05) is 6.58 Å². The molecule has 1 amide bonds. The molecule has 0 spiro atoms. The molecule has 0 unspecified atom stereocenters. The van der Waals surface area contributed by atoms with Crippen molar-refractivity contribution in [2.45, 2.75) is 44.3 Å². The average Bonchev–Trinajstić information content (AvgIpc) is 3.67. The molecular formula is C30H35FN10O2. The van der Waals surface area contributed by atoms with Crippen molar-refractivity contribution in [1.82, 2.24) is 24.6 Å². The van der Waals surface area contributed by atoms with Crippen molar-refractivity contribution in [2.75, 3.05) is 64.4 Å². The number of aromatic nitrogens is 1. The first kappa shape index (κ1) is 28.6. The van der Waals surface area contributed by atoms with E-state index in [-0.39, 0.29) is 25.6 Å². The number of pyridine rings is 1. The van der Waals surface area contributed by atoms with Crippen LogP contribution in [-0.2, 0) is 17.8 Å². The summed E-state index contributed by atoms with van der Waals surface area (Å²) >= 11 is 0. The fourth-order valence-electron chi connectivity index (χ4n) is 6.69. The number of likely N-dealkylation sites (tertiary alicyclic amines) is 1. The van der Waals surface area contributed by atoms with Gasteiger partial charge in [0.25, 0.3) is 5.91 Å². The van der Waals surface area contributed by atoms with Crippen LogP contribution in [0, 0.1) is 22.7 Å². The van der Waals surface area contributed by atoms with Crippen molar-refractivity contribution in [3.05, 3.63) is 41.1 Å². The topological polar surface area (TPSA) is 128 Å². The maximum Gasteiger partial charge on any atom is 0.282 e. The van der Waals surface area contributed by atoms with Crippen LogP contribution in [0.25, 0.3) is 0 Å². The molecular weight excluding hydrogens is 551 g/mol. The molecule has 5 aliphatic rings. The Morgan fingerprint density at radius 1 is 1.19 bits per heavy atom. The molecule has 5 aliphatic heterocycles. The molecule has 0 bridgehead atoms. The van der Waals surface area contributed by atoms with Gasteiger partial charge in [-0.25, -0.2) is 14.4 Å². The summed E-state index contributed by atoms with van der Waals surface area (Å²) in [5, 5.41) is 20.0. The second-order valence-electron chi connectivity index (χ2n) is 11.5. The summed E-state index contributed by atoms with van der Waals surface area (Å²) < 4.78 is 20.2. The summed E-state index contributed by atoms with van der Waals surface area (Å²) in [6.07, 6.45) is 6.41. The number of likely N-dealkylation sites (N-methyl/N-ethyl adjacent to an activating group) is 1. The number of rotatable bonds is 7. The SMILES string of the molecule is C=C(F)C(=O)N1CCN(c2c(C#N)c(OC[C@@H]3CCCN3C)nc3c2CCN(C2=CN=CN4CCN=C24)C3)C[C@@H]1CC#N. The van der Waals surface area contributed by atoms with Crippen LogP contribution in [0.1, 0.15) is 36.1 Å². The molecule has 2 saturated heterocycles. The van der Waals surface area contributed by atoms with E-state index in [0.717, 1.165) is 61.0 Å². The van der Waals surface area contributed by atoms with E-state index >= 15 is 0 Å². The maximum absolute atomic E-state index is 13.8. The summed E-state index contributed by atoms with van der Waals surface area (Å²) in [7, 11) is 2.08. The van der Waals surface area contributed by atoms with Crippen molar-refractivity contribution in [2.24, 2.45) is 9.98 Å². The maximum atomic E-state index is 13.8. The number of amides is 1. The molecule has 1 aromatic rings. The smallest absolute Gasteiger partial charge is 0.282 e. The molecule has 0 N–H and O–H groups in total. The second-order valence-corrected chi connectivity index (χ2v) is 11.5. The minimum absolute atomic E-state index is 0.0309. The van der Waals surface area contributed by atoms with Crippen LogP contribution >= 0.6 is 0 Å². The van der Waals surface area contributed by atoms with Crippen molar-refractivity contribution in [1.29, 1.82) is 10.5 Å². The van der Waals surface area contributed by atoms with Crippen molar-refractivity contribution in [3.8, 4) is 18.0 Å².